The molecule has 3 aromatic heterocycles. The minimum absolute atomic E-state index is 0.0778. The number of aromatic nitrogens is 3. The van der Waals surface area contributed by atoms with Gasteiger partial charge in [-0.05, 0) is 17.5 Å². The second-order valence-electron chi connectivity index (χ2n) is 5.74. The molecule has 0 atom stereocenters. The van der Waals surface area contributed by atoms with Crippen LogP contribution in [0.1, 0.15) is 10.4 Å². The standard InChI is InChI=1S/C16H14F2N4O2S/c17-16(18)9-21(5-6-24-10-16)15(23)11-8-20-22-12(3-4-19-14(11)22)13-2-1-7-25-13/h1-4,7-8H,5-6,9-10H2. The summed E-state index contributed by atoms with van der Waals surface area (Å²) in [5, 5.41) is 6.19. The molecular weight excluding hydrogens is 350 g/mol. The summed E-state index contributed by atoms with van der Waals surface area (Å²) in [5.41, 5.74) is 1.35. The molecule has 130 valence electrons. The fourth-order valence-corrected chi connectivity index (χ4v) is 3.53. The van der Waals surface area contributed by atoms with E-state index in [-0.39, 0.29) is 18.7 Å². The summed E-state index contributed by atoms with van der Waals surface area (Å²) in [6.07, 6.45) is 2.97. The van der Waals surface area contributed by atoms with Crippen LogP contribution in [0.15, 0.2) is 36.0 Å². The number of hydrogen-bond donors (Lipinski definition) is 0. The molecule has 0 aliphatic carbocycles. The van der Waals surface area contributed by atoms with Gasteiger partial charge in [-0.2, -0.15) is 5.10 Å². The van der Waals surface area contributed by atoms with Crippen LogP contribution in [-0.4, -0.2) is 57.6 Å². The maximum Gasteiger partial charge on any atom is 0.288 e. The number of alkyl halides is 2. The smallest absolute Gasteiger partial charge is 0.288 e. The first kappa shape index (κ1) is 16.1. The first-order valence-electron chi connectivity index (χ1n) is 7.67. The molecule has 1 aliphatic rings. The number of hydrogen-bond acceptors (Lipinski definition) is 5. The Kier molecular flexibility index (Phi) is 3.97. The van der Waals surface area contributed by atoms with Crippen molar-refractivity contribution in [1.82, 2.24) is 19.5 Å². The zero-order chi connectivity index (χ0) is 17.4. The molecule has 0 unspecified atom stereocenters. The summed E-state index contributed by atoms with van der Waals surface area (Å²) in [6, 6.07) is 5.66. The number of halogens is 2. The normalized spacial score (nSPS) is 17.6. The van der Waals surface area contributed by atoms with Gasteiger partial charge in [0.1, 0.15) is 12.2 Å². The number of thiophene rings is 1. The minimum Gasteiger partial charge on any atom is -0.373 e. The minimum atomic E-state index is -3.06. The number of carbonyl (C=O) groups excluding carboxylic acids is 1. The van der Waals surface area contributed by atoms with Crippen molar-refractivity contribution in [3.8, 4) is 10.6 Å². The van der Waals surface area contributed by atoms with Crippen LogP contribution in [0.3, 0.4) is 0 Å². The van der Waals surface area contributed by atoms with Crippen LogP contribution in [0.5, 0.6) is 0 Å². The van der Waals surface area contributed by atoms with Gasteiger partial charge < -0.3 is 9.64 Å². The highest BCUT2D eigenvalue weighted by atomic mass is 32.1. The van der Waals surface area contributed by atoms with Crippen LogP contribution in [0, 0.1) is 0 Å². The van der Waals surface area contributed by atoms with Gasteiger partial charge in [0.05, 0.1) is 29.9 Å². The Balaban J connectivity index is 1.72. The lowest BCUT2D eigenvalue weighted by atomic mass is 10.2. The Hall–Kier alpha value is -2.39. The van der Waals surface area contributed by atoms with Gasteiger partial charge in [0.25, 0.3) is 11.8 Å². The van der Waals surface area contributed by atoms with Gasteiger partial charge >= 0.3 is 0 Å². The zero-order valence-corrected chi connectivity index (χ0v) is 13.9. The molecule has 0 N–H and O–H groups in total. The lowest BCUT2D eigenvalue weighted by Gasteiger charge is -2.22. The van der Waals surface area contributed by atoms with Crippen LogP contribution in [-0.2, 0) is 4.74 Å². The number of ether oxygens (including phenoxy) is 1. The van der Waals surface area contributed by atoms with Crippen molar-refractivity contribution in [2.24, 2.45) is 0 Å². The summed E-state index contributed by atoms with van der Waals surface area (Å²) in [6.45, 7) is -1.16. The summed E-state index contributed by atoms with van der Waals surface area (Å²) in [5.74, 6) is -3.58. The average Bonchev–Trinajstić information content (AvgIpc) is 3.22. The van der Waals surface area contributed by atoms with Crippen molar-refractivity contribution < 1.29 is 18.3 Å². The fourth-order valence-electron chi connectivity index (χ4n) is 2.80. The molecule has 1 saturated heterocycles. The number of carbonyl (C=O) groups is 1. The van der Waals surface area contributed by atoms with E-state index in [2.05, 4.69) is 10.1 Å². The number of amides is 1. The molecule has 0 aromatic carbocycles. The number of fused-ring (bicyclic) bond motifs is 1. The van der Waals surface area contributed by atoms with Crippen LogP contribution in [0.4, 0.5) is 8.78 Å². The SMILES string of the molecule is O=C(c1cnn2c(-c3cccs3)ccnc12)N1CCOCC(F)(F)C1. The molecule has 1 aliphatic heterocycles. The number of nitrogens with zero attached hydrogens (tertiary/aromatic N) is 4. The molecule has 3 aromatic rings. The second-order valence-corrected chi connectivity index (χ2v) is 6.68. The quantitative estimate of drug-likeness (QED) is 0.701. The molecule has 9 heteroatoms. The fraction of sp³-hybridized carbons (Fsp3) is 0.312. The molecule has 0 radical (unpaired) electrons. The third kappa shape index (κ3) is 3.00. The van der Waals surface area contributed by atoms with Crippen molar-refractivity contribution in [2.45, 2.75) is 5.92 Å². The molecule has 4 heterocycles. The first-order chi connectivity index (χ1) is 12.1. The Morgan fingerprint density at radius 3 is 3.04 bits per heavy atom. The summed E-state index contributed by atoms with van der Waals surface area (Å²) >= 11 is 1.54. The van der Waals surface area contributed by atoms with Gasteiger partial charge in [0.15, 0.2) is 5.65 Å². The highest BCUT2D eigenvalue weighted by molar-refractivity contribution is 7.13. The molecule has 25 heavy (non-hydrogen) atoms. The largest absolute Gasteiger partial charge is 0.373 e. The number of rotatable bonds is 2. The van der Waals surface area contributed by atoms with Crippen molar-refractivity contribution in [1.29, 1.82) is 0 Å². The van der Waals surface area contributed by atoms with Gasteiger partial charge in [0.2, 0.25) is 0 Å². The highest BCUT2D eigenvalue weighted by Crippen LogP contribution is 2.26. The van der Waals surface area contributed by atoms with E-state index in [1.165, 1.54) is 17.5 Å². The van der Waals surface area contributed by atoms with E-state index < -0.39 is 25.0 Å². The second kappa shape index (κ2) is 6.16. The molecule has 1 amide bonds. The van der Waals surface area contributed by atoms with Crippen molar-refractivity contribution in [3.05, 3.63) is 41.5 Å². The van der Waals surface area contributed by atoms with Crippen molar-refractivity contribution >= 4 is 22.9 Å². The maximum atomic E-state index is 13.7. The van der Waals surface area contributed by atoms with Gasteiger partial charge in [-0.25, -0.2) is 18.3 Å². The monoisotopic (exact) mass is 364 g/mol. The van der Waals surface area contributed by atoms with E-state index in [0.717, 1.165) is 15.5 Å². The lowest BCUT2D eigenvalue weighted by molar-refractivity contribution is -0.0660. The zero-order valence-electron chi connectivity index (χ0n) is 13.1. The third-order valence-corrected chi connectivity index (χ3v) is 4.83. The maximum absolute atomic E-state index is 13.7. The Morgan fingerprint density at radius 1 is 1.36 bits per heavy atom. The van der Waals surface area contributed by atoms with Crippen LogP contribution < -0.4 is 0 Å². The third-order valence-electron chi connectivity index (χ3n) is 3.93. The lowest BCUT2D eigenvalue weighted by Crippen LogP contribution is -2.41. The molecule has 0 spiro atoms. The van der Waals surface area contributed by atoms with E-state index in [4.69, 9.17) is 4.74 Å². The predicted molar refractivity (Wildman–Crippen MR) is 88.0 cm³/mol. The Morgan fingerprint density at radius 2 is 2.24 bits per heavy atom. The van der Waals surface area contributed by atoms with Crippen molar-refractivity contribution in [2.75, 3.05) is 26.3 Å². The van der Waals surface area contributed by atoms with E-state index in [9.17, 15) is 13.6 Å². The van der Waals surface area contributed by atoms with Gasteiger partial charge in [-0.1, -0.05) is 6.07 Å². The Labute approximate surface area is 145 Å². The summed E-state index contributed by atoms with van der Waals surface area (Å²) in [4.78, 5) is 19.1. The van der Waals surface area contributed by atoms with Crippen LogP contribution in [0.25, 0.3) is 16.2 Å². The predicted octanol–water partition coefficient (Wildman–Crippen LogP) is 2.57. The molecule has 1 fully saturated rings. The van der Waals surface area contributed by atoms with Crippen molar-refractivity contribution in [3.63, 3.8) is 0 Å². The molecular formula is C16H14F2N4O2S. The van der Waals surface area contributed by atoms with Gasteiger partial charge in [-0.3, -0.25) is 4.79 Å². The van der Waals surface area contributed by atoms with E-state index in [1.54, 1.807) is 16.8 Å². The van der Waals surface area contributed by atoms with Gasteiger partial charge in [-0.15, -0.1) is 11.3 Å². The van der Waals surface area contributed by atoms with Gasteiger partial charge in [0, 0.05) is 12.7 Å². The molecule has 6 nitrogen and oxygen atoms in total. The highest BCUT2D eigenvalue weighted by Gasteiger charge is 2.37. The average molecular weight is 364 g/mol. The molecule has 0 bridgehead atoms. The van der Waals surface area contributed by atoms with Crippen LogP contribution in [0.2, 0.25) is 0 Å². The van der Waals surface area contributed by atoms with Crippen LogP contribution >= 0.6 is 11.3 Å². The molecule has 0 saturated carbocycles. The summed E-state index contributed by atoms with van der Waals surface area (Å²) in [7, 11) is 0. The van der Waals surface area contributed by atoms with E-state index in [1.807, 2.05) is 17.5 Å². The topological polar surface area (TPSA) is 59.7 Å². The van der Waals surface area contributed by atoms with E-state index >= 15 is 0 Å². The Bertz CT molecular complexity index is 910. The summed E-state index contributed by atoms with van der Waals surface area (Å²) < 4.78 is 33.9. The first-order valence-corrected chi connectivity index (χ1v) is 8.55. The van der Waals surface area contributed by atoms with E-state index in [0.29, 0.717) is 5.65 Å². The molecule has 4 rings (SSSR count).